The average molecular weight is 553 g/mol. The number of benzene rings is 2. The van der Waals surface area contributed by atoms with Crippen LogP contribution in [-0.4, -0.2) is 64.8 Å². The van der Waals surface area contributed by atoms with Crippen molar-refractivity contribution in [2.45, 2.75) is 13.8 Å². The smallest absolute Gasteiger partial charge is 0.251 e. The first-order chi connectivity index (χ1) is 20.0. The predicted octanol–water partition coefficient (Wildman–Crippen LogP) is 6.06. The summed E-state index contributed by atoms with van der Waals surface area (Å²) in [5, 5.41) is 10.8. The molecule has 2 aromatic heterocycles. The van der Waals surface area contributed by atoms with Crippen molar-refractivity contribution in [3.8, 4) is 11.1 Å². The Kier molecular flexibility index (Phi) is 12.5. The number of hydrogen-bond donors (Lipinski definition) is 2. The molecule has 0 atom stereocenters. The monoisotopic (exact) mass is 552 g/mol. The van der Waals surface area contributed by atoms with E-state index in [1.807, 2.05) is 37.4 Å². The summed E-state index contributed by atoms with van der Waals surface area (Å²) < 4.78 is 7.13. The van der Waals surface area contributed by atoms with Crippen LogP contribution in [0.15, 0.2) is 105 Å². The number of ether oxygens (including phenoxy) is 1. The molecule has 0 bridgehead atoms. The molecule has 3 heterocycles. The van der Waals surface area contributed by atoms with Gasteiger partial charge in [0, 0.05) is 49.2 Å². The number of allylic oxidation sites excluding steroid dienone is 3. The number of carbonyl (C=O) groups is 1. The van der Waals surface area contributed by atoms with Crippen molar-refractivity contribution in [3.05, 3.63) is 116 Å². The molecule has 1 fully saturated rings. The lowest BCUT2D eigenvalue weighted by molar-refractivity contribution is 0.0383. The lowest BCUT2D eigenvalue weighted by atomic mass is 10.1. The quantitative estimate of drug-likeness (QED) is 0.204. The molecule has 2 aromatic carbocycles. The van der Waals surface area contributed by atoms with Crippen LogP contribution in [0, 0.1) is 6.92 Å². The molecule has 2 N–H and O–H groups in total. The number of nitrogens with one attached hydrogen (secondary N) is 2. The van der Waals surface area contributed by atoms with Gasteiger partial charge in [-0.25, -0.2) is 4.52 Å². The van der Waals surface area contributed by atoms with Crippen LogP contribution in [-0.2, 0) is 4.74 Å². The van der Waals surface area contributed by atoms with Crippen LogP contribution >= 0.6 is 0 Å². The fourth-order valence-corrected chi connectivity index (χ4v) is 4.09. The summed E-state index contributed by atoms with van der Waals surface area (Å²) >= 11 is 0. The third-order valence-electron chi connectivity index (χ3n) is 6.08. The number of amides is 1. The third kappa shape index (κ3) is 9.56. The minimum atomic E-state index is -0.0755. The van der Waals surface area contributed by atoms with E-state index in [0.29, 0.717) is 18.1 Å². The van der Waals surface area contributed by atoms with Crippen molar-refractivity contribution in [1.82, 2.24) is 24.8 Å². The Morgan fingerprint density at radius 1 is 1.02 bits per heavy atom. The molecule has 8 nitrogen and oxygen atoms in total. The minimum Gasteiger partial charge on any atom is -0.379 e. The van der Waals surface area contributed by atoms with Crippen molar-refractivity contribution in [2.24, 2.45) is 0 Å². The summed E-state index contributed by atoms with van der Waals surface area (Å²) in [6.07, 6.45) is 6.91. The number of aryl methyl sites for hydroxylation is 1. The van der Waals surface area contributed by atoms with Gasteiger partial charge in [-0.2, -0.15) is 4.98 Å². The zero-order valence-electron chi connectivity index (χ0n) is 24.1. The van der Waals surface area contributed by atoms with Crippen LogP contribution < -0.4 is 10.6 Å². The van der Waals surface area contributed by atoms with Gasteiger partial charge in [-0.15, -0.1) is 11.7 Å². The highest BCUT2D eigenvalue weighted by molar-refractivity contribution is 5.94. The summed E-state index contributed by atoms with van der Waals surface area (Å²) in [6.45, 7) is 18.9. The van der Waals surface area contributed by atoms with E-state index in [1.165, 1.54) is 5.56 Å². The summed E-state index contributed by atoms with van der Waals surface area (Å²) in [4.78, 5) is 19.5. The maximum absolute atomic E-state index is 12.5. The summed E-state index contributed by atoms with van der Waals surface area (Å²) in [5.74, 6) is 0.427. The standard InChI is InChI=1S/C26H28N6O2.C4H6.C3H6/c1-19-4-2-5-21(18-19)23-6-3-12-32-24(23)29-26(30-32)28-22-9-7-20(8-10-22)25(33)27-11-13-31-14-16-34-17-15-31;1-3-4-2;1-3-2/h2-10,12,18H,11,13-17H2,1H3,(H,27,33)(H,28,30);3-4H,1-2H2;3H,1H2,2H3. The van der Waals surface area contributed by atoms with Gasteiger partial charge < -0.3 is 15.4 Å². The molecule has 5 rings (SSSR count). The Bertz CT molecular complexity index is 1420. The van der Waals surface area contributed by atoms with Gasteiger partial charge in [0.2, 0.25) is 5.95 Å². The van der Waals surface area contributed by atoms with Crippen molar-refractivity contribution >= 4 is 23.2 Å². The van der Waals surface area contributed by atoms with Gasteiger partial charge in [-0.3, -0.25) is 9.69 Å². The highest BCUT2D eigenvalue weighted by Crippen LogP contribution is 2.25. The molecular weight excluding hydrogens is 512 g/mol. The Morgan fingerprint density at radius 3 is 2.39 bits per heavy atom. The number of carbonyl (C=O) groups excluding carboxylic acids is 1. The second-order valence-electron chi connectivity index (χ2n) is 9.29. The molecule has 0 spiro atoms. The molecule has 0 unspecified atom stereocenters. The van der Waals surface area contributed by atoms with Crippen molar-refractivity contribution in [3.63, 3.8) is 0 Å². The molecule has 1 amide bonds. The Hall–Kier alpha value is -4.53. The molecule has 4 aromatic rings. The van der Waals surface area contributed by atoms with Gasteiger partial charge in [-0.1, -0.05) is 61.2 Å². The number of hydrogen-bond acceptors (Lipinski definition) is 6. The van der Waals surface area contributed by atoms with Crippen LogP contribution in [0.1, 0.15) is 22.8 Å². The molecule has 1 saturated heterocycles. The number of fused-ring (bicyclic) bond motifs is 1. The predicted molar refractivity (Wildman–Crippen MR) is 169 cm³/mol. The van der Waals surface area contributed by atoms with Crippen molar-refractivity contribution in [2.75, 3.05) is 44.7 Å². The Labute approximate surface area is 243 Å². The molecule has 0 radical (unpaired) electrons. The second-order valence-corrected chi connectivity index (χ2v) is 9.29. The van der Waals surface area contributed by atoms with Crippen molar-refractivity contribution in [1.29, 1.82) is 0 Å². The fraction of sp³-hybridized carbons (Fsp3) is 0.242. The summed E-state index contributed by atoms with van der Waals surface area (Å²) in [6, 6.07) is 19.7. The zero-order valence-corrected chi connectivity index (χ0v) is 24.1. The van der Waals surface area contributed by atoms with E-state index >= 15 is 0 Å². The normalized spacial score (nSPS) is 12.6. The van der Waals surface area contributed by atoms with Gasteiger partial charge in [0.25, 0.3) is 5.91 Å². The van der Waals surface area contributed by atoms with E-state index in [9.17, 15) is 4.79 Å². The first-order valence-corrected chi connectivity index (χ1v) is 13.7. The number of pyridine rings is 1. The maximum Gasteiger partial charge on any atom is 0.251 e. The van der Waals surface area contributed by atoms with E-state index in [0.717, 1.165) is 55.3 Å². The lowest BCUT2D eigenvalue weighted by Crippen LogP contribution is -2.41. The summed E-state index contributed by atoms with van der Waals surface area (Å²) in [5.41, 5.74) is 5.55. The number of nitrogens with zero attached hydrogens (tertiary/aromatic N) is 4. The summed E-state index contributed by atoms with van der Waals surface area (Å²) in [7, 11) is 0. The fourth-order valence-electron chi connectivity index (χ4n) is 4.09. The second kappa shape index (κ2) is 16.5. The van der Waals surface area contributed by atoms with Crippen molar-refractivity contribution < 1.29 is 9.53 Å². The third-order valence-corrected chi connectivity index (χ3v) is 6.08. The van der Waals surface area contributed by atoms with Gasteiger partial charge in [0.15, 0.2) is 5.65 Å². The molecule has 214 valence electrons. The molecule has 1 aliphatic heterocycles. The van der Waals surface area contributed by atoms with Crippen LogP contribution in [0.25, 0.3) is 16.8 Å². The Balaban J connectivity index is 0.000000598. The van der Waals surface area contributed by atoms with E-state index < -0.39 is 0 Å². The van der Waals surface area contributed by atoms with Crippen LogP contribution in [0.2, 0.25) is 0 Å². The lowest BCUT2D eigenvalue weighted by Gasteiger charge is -2.26. The van der Waals surface area contributed by atoms with E-state index in [1.54, 1.807) is 34.9 Å². The van der Waals surface area contributed by atoms with Crippen LogP contribution in [0.3, 0.4) is 0 Å². The molecule has 1 aliphatic rings. The molecule has 8 heteroatoms. The molecular formula is C33H40N6O2. The SMILES string of the molecule is C=CC.C=CC=C.Cc1cccc(-c2cccn3nc(Nc4ccc(C(=O)NCCN5CCOCC5)cc4)nc23)c1. The maximum atomic E-state index is 12.5. The zero-order chi connectivity index (χ0) is 29.5. The first-order valence-electron chi connectivity index (χ1n) is 13.7. The number of morpholine rings is 1. The van der Waals surface area contributed by atoms with E-state index in [4.69, 9.17) is 9.72 Å². The van der Waals surface area contributed by atoms with Gasteiger partial charge in [0.05, 0.1) is 13.2 Å². The minimum absolute atomic E-state index is 0.0755. The highest BCUT2D eigenvalue weighted by Gasteiger charge is 2.12. The van der Waals surface area contributed by atoms with Crippen LogP contribution in [0.5, 0.6) is 0 Å². The highest BCUT2D eigenvalue weighted by atomic mass is 16.5. The van der Waals surface area contributed by atoms with E-state index in [-0.39, 0.29) is 5.91 Å². The number of aromatic nitrogens is 3. The number of anilines is 2. The van der Waals surface area contributed by atoms with Gasteiger partial charge >= 0.3 is 0 Å². The van der Waals surface area contributed by atoms with Gasteiger partial charge in [0.1, 0.15) is 0 Å². The largest absolute Gasteiger partial charge is 0.379 e. The van der Waals surface area contributed by atoms with Crippen LogP contribution in [0.4, 0.5) is 11.6 Å². The average Bonchev–Trinajstić information content (AvgIpc) is 3.41. The van der Waals surface area contributed by atoms with E-state index in [2.05, 4.69) is 71.6 Å². The molecule has 0 saturated carbocycles. The molecule has 0 aliphatic carbocycles. The Morgan fingerprint density at radius 2 is 1.73 bits per heavy atom. The first kappa shape index (κ1) is 31.0. The topological polar surface area (TPSA) is 83.8 Å². The number of rotatable bonds is 8. The molecule has 41 heavy (non-hydrogen) atoms. The van der Waals surface area contributed by atoms with Gasteiger partial charge in [-0.05, 0) is 55.8 Å².